The van der Waals surface area contributed by atoms with E-state index < -0.39 is 0 Å². The molecule has 1 unspecified atom stereocenters. The van der Waals surface area contributed by atoms with Gasteiger partial charge in [-0.15, -0.1) is 5.10 Å². The van der Waals surface area contributed by atoms with E-state index >= 15 is 0 Å². The third kappa shape index (κ3) is 4.54. The standard InChI is InChI=1S/C19H17N3O3S3/c23-17(20-10-14-11-24-15-8-4-5-9-16(15)25-14)12-27-18-21-22(19(26)28-18)13-6-2-1-3-7-13/h1-9,14H,10-12H2,(H,20,23). The molecule has 2 heterocycles. The number of nitrogens with one attached hydrogen (secondary N) is 1. The highest BCUT2D eigenvalue weighted by molar-refractivity contribution is 8.01. The number of benzene rings is 2. The lowest BCUT2D eigenvalue weighted by molar-refractivity contribution is -0.119. The van der Waals surface area contributed by atoms with E-state index in [0.29, 0.717) is 22.9 Å². The number of fused-ring (bicyclic) bond motifs is 1. The van der Waals surface area contributed by atoms with Gasteiger partial charge in [0.1, 0.15) is 12.7 Å². The number of ether oxygens (including phenoxy) is 2. The lowest BCUT2D eigenvalue weighted by Gasteiger charge is -2.26. The molecule has 1 aromatic heterocycles. The van der Waals surface area contributed by atoms with Crippen molar-refractivity contribution in [1.29, 1.82) is 0 Å². The van der Waals surface area contributed by atoms with Crippen LogP contribution >= 0.6 is 35.3 Å². The van der Waals surface area contributed by atoms with Gasteiger partial charge < -0.3 is 14.8 Å². The molecule has 3 aromatic rings. The topological polar surface area (TPSA) is 65.4 Å². The smallest absolute Gasteiger partial charge is 0.230 e. The molecule has 0 saturated heterocycles. The molecule has 9 heteroatoms. The molecule has 0 bridgehead atoms. The third-order valence-corrected chi connectivity index (χ3v) is 6.32. The van der Waals surface area contributed by atoms with Gasteiger partial charge in [-0.2, -0.15) is 0 Å². The number of para-hydroxylation sites is 3. The van der Waals surface area contributed by atoms with Crippen molar-refractivity contribution in [2.75, 3.05) is 18.9 Å². The summed E-state index contributed by atoms with van der Waals surface area (Å²) >= 11 is 8.14. The molecule has 0 fully saturated rings. The number of rotatable bonds is 6. The summed E-state index contributed by atoms with van der Waals surface area (Å²) in [6.07, 6.45) is -0.205. The molecule has 4 rings (SSSR count). The summed E-state index contributed by atoms with van der Waals surface area (Å²) in [4.78, 5) is 12.2. The zero-order chi connectivity index (χ0) is 19.3. The second-order valence-corrected chi connectivity index (χ2v) is 8.82. The maximum Gasteiger partial charge on any atom is 0.230 e. The summed E-state index contributed by atoms with van der Waals surface area (Å²) < 4.78 is 14.6. The van der Waals surface area contributed by atoms with Crippen LogP contribution in [0.5, 0.6) is 11.5 Å². The molecule has 1 amide bonds. The molecule has 1 aliphatic heterocycles. The molecule has 0 saturated carbocycles. The minimum atomic E-state index is -0.205. The molecule has 1 aliphatic rings. The summed E-state index contributed by atoms with van der Waals surface area (Å²) in [5, 5.41) is 7.38. The largest absolute Gasteiger partial charge is 0.486 e. The first-order valence-corrected chi connectivity index (χ1v) is 10.8. The maximum absolute atomic E-state index is 12.2. The first-order chi connectivity index (χ1) is 13.7. The van der Waals surface area contributed by atoms with Crippen LogP contribution in [0, 0.1) is 3.95 Å². The Labute approximate surface area is 175 Å². The van der Waals surface area contributed by atoms with Crippen molar-refractivity contribution in [2.24, 2.45) is 0 Å². The second-order valence-electron chi connectivity index (χ2n) is 5.97. The number of aromatic nitrogens is 2. The predicted molar refractivity (Wildman–Crippen MR) is 112 cm³/mol. The highest BCUT2D eigenvalue weighted by atomic mass is 32.2. The molecular weight excluding hydrogens is 414 g/mol. The van der Waals surface area contributed by atoms with Gasteiger partial charge >= 0.3 is 0 Å². The minimum absolute atomic E-state index is 0.0835. The first-order valence-electron chi connectivity index (χ1n) is 8.62. The summed E-state index contributed by atoms with van der Waals surface area (Å²) in [5.41, 5.74) is 0.912. The number of carbonyl (C=O) groups excluding carboxylic acids is 1. The van der Waals surface area contributed by atoms with Gasteiger partial charge in [-0.25, -0.2) is 4.68 Å². The van der Waals surface area contributed by atoms with Crippen molar-refractivity contribution in [3.63, 3.8) is 0 Å². The van der Waals surface area contributed by atoms with E-state index in [9.17, 15) is 4.79 Å². The van der Waals surface area contributed by atoms with Crippen LogP contribution in [-0.4, -0.2) is 40.7 Å². The molecule has 1 N–H and O–H groups in total. The summed E-state index contributed by atoms with van der Waals surface area (Å²) in [6.45, 7) is 0.801. The normalized spacial score (nSPS) is 15.2. The number of hydrogen-bond donors (Lipinski definition) is 1. The second kappa shape index (κ2) is 8.76. The Morgan fingerprint density at radius 2 is 1.96 bits per heavy atom. The number of nitrogens with zero attached hydrogens (tertiary/aromatic N) is 2. The summed E-state index contributed by atoms with van der Waals surface area (Å²) in [6, 6.07) is 17.2. The fourth-order valence-corrected chi connectivity index (χ4v) is 4.81. The molecule has 2 aromatic carbocycles. The molecule has 0 aliphatic carbocycles. The van der Waals surface area contributed by atoms with Gasteiger partial charge in [0.15, 0.2) is 19.8 Å². The number of thioether (sulfide) groups is 1. The van der Waals surface area contributed by atoms with E-state index in [-0.39, 0.29) is 17.8 Å². The number of amides is 1. The fourth-order valence-electron chi connectivity index (χ4n) is 2.62. The first kappa shape index (κ1) is 19.0. The highest BCUT2D eigenvalue weighted by Gasteiger charge is 2.21. The Balaban J connectivity index is 1.27. The van der Waals surface area contributed by atoms with E-state index in [1.807, 2.05) is 54.6 Å². The van der Waals surface area contributed by atoms with Gasteiger partial charge in [-0.3, -0.25) is 4.79 Å². The quantitative estimate of drug-likeness (QED) is 0.474. The monoisotopic (exact) mass is 431 g/mol. The van der Waals surface area contributed by atoms with Gasteiger partial charge in [0.25, 0.3) is 0 Å². The van der Waals surface area contributed by atoms with Crippen molar-refractivity contribution in [2.45, 2.75) is 10.4 Å². The molecule has 6 nitrogen and oxygen atoms in total. The van der Waals surface area contributed by atoms with Crippen molar-refractivity contribution < 1.29 is 14.3 Å². The Morgan fingerprint density at radius 1 is 1.21 bits per heavy atom. The van der Waals surface area contributed by atoms with E-state index in [4.69, 9.17) is 21.7 Å². The fraction of sp³-hybridized carbons (Fsp3) is 0.211. The van der Waals surface area contributed by atoms with Gasteiger partial charge in [-0.05, 0) is 36.5 Å². The number of hydrogen-bond acceptors (Lipinski definition) is 7. The van der Waals surface area contributed by atoms with E-state index in [2.05, 4.69) is 10.4 Å². The zero-order valence-electron chi connectivity index (χ0n) is 14.7. The van der Waals surface area contributed by atoms with Gasteiger partial charge in [0.05, 0.1) is 18.0 Å². The third-order valence-electron chi connectivity index (χ3n) is 3.95. The van der Waals surface area contributed by atoms with Crippen LogP contribution in [0.1, 0.15) is 0 Å². The lowest BCUT2D eigenvalue weighted by Crippen LogP contribution is -2.41. The molecule has 1 atom stereocenters. The SMILES string of the molecule is O=C(CSc1nn(-c2ccccc2)c(=S)s1)NCC1COc2ccccc2O1. The molecule has 28 heavy (non-hydrogen) atoms. The van der Waals surface area contributed by atoms with Crippen molar-refractivity contribution in [3.05, 3.63) is 58.6 Å². The molecular formula is C19H17N3O3S3. The summed E-state index contributed by atoms with van der Waals surface area (Å²) in [7, 11) is 0. The molecule has 0 spiro atoms. The van der Waals surface area contributed by atoms with Crippen molar-refractivity contribution >= 4 is 41.2 Å². The average Bonchev–Trinajstić information content (AvgIpc) is 3.12. The van der Waals surface area contributed by atoms with Gasteiger partial charge in [0, 0.05) is 0 Å². The molecule has 0 radical (unpaired) electrons. The molecule has 144 valence electrons. The average molecular weight is 432 g/mol. The Hall–Kier alpha value is -2.36. The Kier molecular flexibility index (Phi) is 5.94. The lowest BCUT2D eigenvalue weighted by atomic mass is 10.2. The van der Waals surface area contributed by atoms with E-state index in [1.54, 1.807) is 4.68 Å². The van der Waals surface area contributed by atoms with Crippen LogP contribution in [0.2, 0.25) is 0 Å². The number of carbonyl (C=O) groups is 1. The predicted octanol–water partition coefficient (Wildman–Crippen LogP) is 3.71. The van der Waals surface area contributed by atoms with Crippen LogP contribution in [0.15, 0.2) is 58.9 Å². The zero-order valence-corrected chi connectivity index (χ0v) is 17.2. The van der Waals surface area contributed by atoms with Crippen LogP contribution in [0.4, 0.5) is 0 Å². The summed E-state index contributed by atoms with van der Waals surface area (Å²) in [5.74, 6) is 1.62. The Morgan fingerprint density at radius 3 is 2.79 bits per heavy atom. The van der Waals surface area contributed by atoms with Crippen LogP contribution in [-0.2, 0) is 4.79 Å². The van der Waals surface area contributed by atoms with Gasteiger partial charge in [-0.1, -0.05) is 53.4 Å². The van der Waals surface area contributed by atoms with Gasteiger partial charge in [0.2, 0.25) is 5.91 Å². The Bertz CT molecular complexity index is 1020. The van der Waals surface area contributed by atoms with E-state index in [0.717, 1.165) is 15.8 Å². The van der Waals surface area contributed by atoms with Crippen molar-refractivity contribution in [1.82, 2.24) is 15.1 Å². The van der Waals surface area contributed by atoms with E-state index in [1.165, 1.54) is 23.1 Å². The maximum atomic E-state index is 12.2. The minimum Gasteiger partial charge on any atom is -0.486 e. The van der Waals surface area contributed by atoms with Crippen LogP contribution < -0.4 is 14.8 Å². The highest BCUT2D eigenvalue weighted by Crippen LogP contribution is 2.30. The van der Waals surface area contributed by atoms with Crippen LogP contribution in [0.3, 0.4) is 0 Å². The van der Waals surface area contributed by atoms with Crippen LogP contribution in [0.25, 0.3) is 5.69 Å². The van der Waals surface area contributed by atoms with Crippen molar-refractivity contribution in [3.8, 4) is 17.2 Å².